The molecule has 0 aliphatic carbocycles. The Bertz CT molecular complexity index is 666. The van der Waals surface area contributed by atoms with E-state index in [2.05, 4.69) is 35.9 Å². The molecule has 3 rings (SSSR count). The molecule has 0 spiro atoms. The van der Waals surface area contributed by atoms with E-state index in [9.17, 15) is 4.79 Å². The summed E-state index contributed by atoms with van der Waals surface area (Å²) in [7, 11) is 0. The molecule has 2 aromatic rings. The number of nitrogens with zero attached hydrogens (tertiary/aromatic N) is 3. The third-order valence-electron chi connectivity index (χ3n) is 5.20. The normalized spacial score (nSPS) is 17.2. The van der Waals surface area contributed by atoms with Crippen LogP contribution in [0.4, 0.5) is 5.82 Å². The van der Waals surface area contributed by atoms with E-state index >= 15 is 0 Å². The van der Waals surface area contributed by atoms with Gasteiger partial charge in [-0.15, -0.1) is 0 Å². The van der Waals surface area contributed by atoms with E-state index in [4.69, 9.17) is 0 Å². The van der Waals surface area contributed by atoms with Gasteiger partial charge in [-0.25, -0.2) is 4.98 Å². The Labute approximate surface area is 150 Å². The van der Waals surface area contributed by atoms with E-state index in [1.165, 1.54) is 0 Å². The van der Waals surface area contributed by atoms with E-state index in [1.54, 1.807) is 0 Å². The van der Waals surface area contributed by atoms with Crippen LogP contribution in [0.3, 0.4) is 0 Å². The maximum atomic E-state index is 13.2. The minimum atomic E-state index is -0.0485. The summed E-state index contributed by atoms with van der Waals surface area (Å²) in [5.41, 5.74) is 1.13. The second kappa shape index (κ2) is 8.15. The van der Waals surface area contributed by atoms with E-state index in [1.807, 2.05) is 47.5 Å². The number of benzene rings is 1. The molecule has 1 aromatic carbocycles. The lowest BCUT2D eigenvalue weighted by molar-refractivity contribution is -0.134. The molecule has 4 nitrogen and oxygen atoms in total. The zero-order valence-corrected chi connectivity index (χ0v) is 15.1. The molecule has 1 saturated heterocycles. The first kappa shape index (κ1) is 17.5. The first-order chi connectivity index (χ1) is 12.2. The fourth-order valence-electron chi connectivity index (χ4n) is 3.50. The molecule has 2 heterocycles. The Morgan fingerprint density at radius 1 is 1.04 bits per heavy atom. The highest BCUT2D eigenvalue weighted by atomic mass is 16.2. The largest absolute Gasteiger partial charge is 0.353 e. The van der Waals surface area contributed by atoms with E-state index in [0.29, 0.717) is 5.92 Å². The molecular weight excluding hydrogens is 310 g/mol. The summed E-state index contributed by atoms with van der Waals surface area (Å²) in [4.78, 5) is 21.9. The number of carbonyl (C=O) groups excluding carboxylic acids is 1. The topological polar surface area (TPSA) is 36.4 Å². The Morgan fingerprint density at radius 2 is 1.72 bits per heavy atom. The second-order valence-corrected chi connectivity index (χ2v) is 6.77. The average Bonchev–Trinajstić information content (AvgIpc) is 2.69. The van der Waals surface area contributed by atoms with Crippen molar-refractivity contribution in [2.75, 3.05) is 31.1 Å². The van der Waals surface area contributed by atoms with Crippen molar-refractivity contribution in [3.05, 3.63) is 60.3 Å². The van der Waals surface area contributed by atoms with Crippen molar-refractivity contribution in [3.63, 3.8) is 0 Å². The second-order valence-electron chi connectivity index (χ2n) is 6.77. The van der Waals surface area contributed by atoms with Crippen molar-refractivity contribution in [1.82, 2.24) is 9.88 Å². The fourth-order valence-corrected chi connectivity index (χ4v) is 3.50. The van der Waals surface area contributed by atoms with Gasteiger partial charge in [-0.2, -0.15) is 0 Å². The summed E-state index contributed by atoms with van der Waals surface area (Å²) in [6, 6.07) is 16.2. The molecular formula is C21H27N3O. The quantitative estimate of drug-likeness (QED) is 0.837. The van der Waals surface area contributed by atoms with Gasteiger partial charge in [0.1, 0.15) is 5.82 Å². The predicted octanol–water partition coefficient (Wildman–Crippen LogP) is 3.56. The van der Waals surface area contributed by atoms with Gasteiger partial charge in [0.2, 0.25) is 5.91 Å². The molecule has 0 bridgehead atoms. The number of amides is 1. The SMILES string of the molecule is CCC(C)C(C(=O)N1CCN(c2ccccn2)CC1)c1ccccc1. The third kappa shape index (κ3) is 4.01. The number of hydrogen-bond acceptors (Lipinski definition) is 3. The number of pyridine rings is 1. The summed E-state index contributed by atoms with van der Waals surface area (Å²) in [5.74, 6) is 1.55. The Balaban J connectivity index is 1.69. The van der Waals surface area contributed by atoms with Crippen molar-refractivity contribution in [3.8, 4) is 0 Å². The summed E-state index contributed by atoms with van der Waals surface area (Å²) < 4.78 is 0. The molecule has 1 amide bonds. The monoisotopic (exact) mass is 337 g/mol. The lowest BCUT2D eigenvalue weighted by Gasteiger charge is -2.38. The van der Waals surface area contributed by atoms with Gasteiger partial charge in [-0.1, -0.05) is 56.7 Å². The minimum Gasteiger partial charge on any atom is -0.353 e. The number of carbonyl (C=O) groups is 1. The summed E-state index contributed by atoms with van der Waals surface area (Å²) in [6.45, 7) is 7.53. The van der Waals surface area contributed by atoms with Gasteiger partial charge >= 0.3 is 0 Å². The lowest BCUT2D eigenvalue weighted by atomic mass is 9.84. The van der Waals surface area contributed by atoms with Gasteiger partial charge in [0.25, 0.3) is 0 Å². The van der Waals surface area contributed by atoms with Crippen molar-refractivity contribution in [2.45, 2.75) is 26.2 Å². The van der Waals surface area contributed by atoms with Crippen LogP contribution in [0, 0.1) is 5.92 Å². The number of aromatic nitrogens is 1. The van der Waals surface area contributed by atoms with Crippen LogP contribution in [0.15, 0.2) is 54.7 Å². The molecule has 25 heavy (non-hydrogen) atoms. The van der Waals surface area contributed by atoms with Gasteiger partial charge < -0.3 is 9.80 Å². The zero-order chi connectivity index (χ0) is 17.6. The summed E-state index contributed by atoms with van der Waals surface area (Å²) in [6.07, 6.45) is 2.82. The smallest absolute Gasteiger partial charge is 0.230 e. The van der Waals surface area contributed by atoms with Crippen LogP contribution >= 0.6 is 0 Å². The van der Waals surface area contributed by atoms with Crippen LogP contribution in [0.2, 0.25) is 0 Å². The highest BCUT2D eigenvalue weighted by Crippen LogP contribution is 2.29. The molecule has 0 saturated carbocycles. The van der Waals surface area contributed by atoms with Crippen molar-refractivity contribution < 1.29 is 4.79 Å². The molecule has 2 unspecified atom stereocenters. The Hall–Kier alpha value is -2.36. The molecule has 132 valence electrons. The maximum absolute atomic E-state index is 13.2. The molecule has 1 aliphatic rings. The number of anilines is 1. The molecule has 1 fully saturated rings. The predicted molar refractivity (Wildman–Crippen MR) is 102 cm³/mol. The zero-order valence-electron chi connectivity index (χ0n) is 15.1. The van der Waals surface area contributed by atoms with E-state index < -0.39 is 0 Å². The van der Waals surface area contributed by atoms with Crippen LogP contribution in [-0.2, 0) is 4.79 Å². The van der Waals surface area contributed by atoms with E-state index in [-0.39, 0.29) is 11.8 Å². The Kier molecular flexibility index (Phi) is 5.69. The molecule has 1 aromatic heterocycles. The first-order valence-corrected chi connectivity index (χ1v) is 9.20. The van der Waals surface area contributed by atoms with Gasteiger partial charge in [0.05, 0.1) is 5.92 Å². The summed E-state index contributed by atoms with van der Waals surface area (Å²) >= 11 is 0. The van der Waals surface area contributed by atoms with Crippen LogP contribution in [0.5, 0.6) is 0 Å². The van der Waals surface area contributed by atoms with Crippen LogP contribution in [-0.4, -0.2) is 42.0 Å². The summed E-state index contributed by atoms with van der Waals surface area (Å²) in [5, 5.41) is 0. The van der Waals surface area contributed by atoms with Gasteiger partial charge in [0, 0.05) is 32.4 Å². The standard InChI is InChI=1S/C21H27N3O/c1-3-17(2)20(18-9-5-4-6-10-18)21(25)24-15-13-23(14-16-24)19-11-7-8-12-22-19/h4-12,17,20H,3,13-16H2,1-2H3. The van der Waals surface area contributed by atoms with Crippen LogP contribution in [0.25, 0.3) is 0 Å². The highest BCUT2D eigenvalue weighted by molar-refractivity contribution is 5.84. The molecule has 4 heteroatoms. The molecule has 0 N–H and O–H groups in total. The molecule has 2 atom stereocenters. The van der Waals surface area contributed by atoms with Gasteiger partial charge in [0.15, 0.2) is 0 Å². The highest BCUT2D eigenvalue weighted by Gasteiger charge is 2.31. The minimum absolute atomic E-state index is 0.0485. The molecule has 0 radical (unpaired) electrons. The van der Waals surface area contributed by atoms with Crippen LogP contribution in [0.1, 0.15) is 31.7 Å². The molecule has 1 aliphatic heterocycles. The van der Waals surface area contributed by atoms with Crippen LogP contribution < -0.4 is 4.90 Å². The average molecular weight is 337 g/mol. The number of hydrogen-bond donors (Lipinski definition) is 0. The van der Waals surface area contributed by atoms with Crippen molar-refractivity contribution in [1.29, 1.82) is 0 Å². The van der Waals surface area contributed by atoms with Gasteiger partial charge in [-0.05, 0) is 23.6 Å². The third-order valence-corrected chi connectivity index (χ3v) is 5.20. The fraction of sp³-hybridized carbons (Fsp3) is 0.429. The first-order valence-electron chi connectivity index (χ1n) is 9.20. The number of rotatable bonds is 5. The lowest BCUT2D eigenvalue weighted by Crippen LogP contribution is -2.50. The van der Waals surface area contributed by atoms with Gasteiger partial charge in [-0.3, -0.25) is 4.79 Å². The van der Waals surface area contributed by atoms with E-state index in [0.717, 1.165) is 44.0 Å². The maximum Gasteiger partial charge on any atom is 0.230 e. The Morgan fingerprint density at radius 3 is 2.32 bits per heavy atom. The number of piperazine rings is 1. The van der Waals surface area contributed by atoms with Crippen molar-refractivity contribution in [2.24, 2.45) is 5.92 Å². The van der Waals surface area contributed by atoms with Crippen molar-refractivity contribution >= 4 is 11.7 Å².